The molecule has 2 atom stereocenters. The summed E-state index contributed by atoms with van der Waals surface area (Å²) in [5, 5.41) is 4.06. The standard InChI is InChI=1S/C19H29N5O2/c20-19(15-4-7-18(21-12-15)24-8-2-1-3-9-24)22-25-11-10-23-13-16-5-6-17(14-23)26-16/h4,7,12,16-17H,1-3,5-6,8-11,13-14H2,(H2,20,22). The summed E-state index contributed by atoms with van der Waals surface area (Å²) in [5.74, 6) is 1.40. The van der Waals surface area contributed by atoms with Crippen LogP contribution in [0.5, 0.6) is 0 Å². The Labute approximate surface area is 155 Å². The van der Waals surface area contributed by atoms with Crippen LogP contribution in [0, 0.1) is 0 Å². The van der Waals surface area contributed by atoms with Crippen molar-refractivity contribution in [3.8, 4) is 0 Å². The number of amidine groups is 1. The van der Waals surface area contributed by atoms with Crippen molar-refractivity contribution >= 4 is 11.7 Å². The molecule has 7 heteroatoms. The van der Waals surface area contributed by atoms with Crippen LogP contribution in [0.2, 0.25) is 0 Å². The smallest absolute Gasteiger partial charge is 0.171 e. The Balaban J connectivity index is 1.23. The van der Waals surface area contributed by atoms with E-state index in [1.165, 1.54) is 32.1 Å². The highest BCUT2D eigenvalue weighted by atomic mass is 16.6. The van der Waals surface area contributed by atoms with E-state index in [1.807, 2.05) is 12.1 Å². The van der Waals surface area contributed by atoms with Crippen LogP contribution in [-0.2, 0) is 9.57 Å². The van der Waals surface area contributed by atoms with Crippen molar-refractivity contribution in [2.24, 2.45) is 10.9 Å². The van der Waals surface area contributed by atoms with Gasteiger partial charge in [-0.25, -0.2) is 4.98 Å². The summed E-state index contributed by atoms with van der Waals surface area (Å²) in [4.78, 5) is 14.7. The minimum Gasteiger partial charge on any atom is -0.393 e. The monoisotopic (exact) mass is 359 g/mol. The average Bonchev–Trinajstić information content (AvgIpc) is 3.04. The number of ether oxygens (including phenoxy) is 1. The van der Waals surface area contributed by atoms with Crippen molar-refractivity contribution in [1.29, 1.82) is 0 Å². The van der Waals surface area contributed by atoms with Gasteiger partial charge in [0.05, 0.1) is 12.2 Å². The number of fused-ring (bicyclic) bond motifs is 2. The van der Waals surface area contributed by atoms with E-state index in [-0.39, 0.29) is 0 Å². The molecule has 0 saturated carbocycles. The molecule has 142 valence electrons. The van der Waals surface area contributed by atoms with Crippen LogP contribution in [0.3, 0.4) is 0 Å². The predicted molar refractivity (Wildman–Crippen MR) is 101 cm³/mol. The van der Waals surface area contributed by atoms with Gasteiger partial charge in [0.2, 0.25) is 0 Å². The first-order chi connectivity index (χ1) is 12.8. The Morgan fingerprint density at radius 2 is 1.96 bits per heavy atom. The van der Waals surface area contributed by atoms with Crippen molar-refractivity contribution in [2.75, 3.05) is 44.2 Å². The molecule has 2 N–H and O–H groups in total. The second-order valence-electron chi connectivity index (χ2n) is 7.48. The highest BCUT2D eigenvalue weighted by Gasteiger charge is 2.33. The van der Waals surface area contributed by atoms with Gasteiger partial charge in [-0.15, -0.1) is 0 Å². The number of hydrogen-bond donors (Lipinski definition) is 1. The maximum Gasteiger partial charge on any atom is 0.171 e. The van der Waals surface area contributed by atoms with Gasteiger partial charge >= 0.3 is 0 Å². The number of hydrogen-bond acceptors (Lipinski definition) is 6. The van der Waals surface area contributed by atoms with Gasteiger partial charge in [-0.05, 0) is 44.2 Å². The third-order valence-electron chi connectivity index (χ3n) is 5.50. The molecule has 3 fully saturated rings. The summed E-state index contributed by atoms with van der Waals surface area (Å²) in [5.41, 5.74) is 6.84. The molecule has 7 nitrogen and oxygen atoms in total. The van der Waals surface area contributed by atoms with Crippen molar-refractivity contribution in [1.82, 2.24) is 9.88 Å². The summed E-state index contributed by atoms with van der Waals surface area (Å²) in [7, 11) is 0. The molecule has 3 aliphatic heterocycles. The van der Waals surface area contributed by atoms with Crippen LogP contribution in [0.1, 0.15) is 37.7 Å². The van der Waals surface area contributed by atoms with E-state index in [2.05, 4.69) is 19.9 Å². The van der Waals surface area contributed by atoms with E-state index >= 15 is 0 Å². The van der Waals surface area contributed by atoms with Crippen LogP contribution in [0.25, 0.3) is 0 Å². The zero-order valence-corrected chi connectivity index (χ0v) is 15.3. The lowest BCUT2D eigenvalue weighted by Gasteiger charge is -2.31. The van der Waals surface area contributed by atoms with Crippen LogP contribution >= 0.6 is 0 Å². The lowest BCUT2D eigenvalue weighted by Crippen LogP contribution is -2.43. The summed E-state index contributed by atoms with van der Waals surface area (Å²) in [6, 6.07) is 3.99. The maximum absolute atomic E-state index is 6.03. The summed E-state index contributed by atoms with van der Waals surface area (Å²) in [6.07, 6.45) is 8.78. The Bertz CT molecular complexity index is 603. The van der Waals surface area contributed by atoms with Crippen LogP contribution in [0.15, 0.2) is 23.5 Å². The lowest BCUT2D eigenvalue weighted by atomic mass is 10.1. The summed E-state index contributed by atoms with van der Waals surface area (Å²) >= 11 is 0. The molecule has 0 radical (unpaired) electrons. The molecule has 3 aliphatic rings. The van der Waals surface area contributed by atoms with Crippen molar-refractivity contribution in [3.63, 3.8) is 0 Å². The Morgan fingerprint density at radius 3 is 2.65 bits per heavy atom. The van der Waals surface area contributed by atoms with Crippen LogP contribution in [0.4, 0.5) is 5.82 Å². The molecule has 1 aromatic rings. The largest absolute Gasteiger partial charge is 0.393 e. The van der Waals surface area contributed by atoms with Crippen LogP contribution < -0.4 is 10.6 Å². The summed E-state index contributed by atoms with van der Waals surface area (Å²) in [6.45, 7) is 5.57. The Morgan fingerprint density at radius 1 is 1.19 bits per heavy atom. The molecular formula is C19H29N5O2. The fourth-order valence-electron chi connectivity index (χ4n) is 4.07. The van der Waals surface area contributed by atoms with E-state index in [9.17, 15) is 0 Å². The molecule has 0 amide bonds. The maximum atomic E-state index is 6.03. The van der Waals surface area contributed by atoms with Gasteiger partial charge in [0.15, 0.2) is 5.84 Å². The van der Waals surface area contributed by atoms with Gasteiger partial charge in [0.1, 0.15) is 12.4 Å². The minimum absolute atomic E-state index is 0.379. The third-order valence-corrected chi connectivity index (χ3v) is 5.50. The zero-order chi connectivity index (χ0) is 17.8. The molecular weight excluding hydrogens is 330 g/mol. The molecule has 4 heterocycles. The first-order valence-corrected chi connectivity index (χ1v) is 9.82. The fourth-order valence-corrected chi connectivity index (χ4v) is 4.07. The van der Waals surface area contributed by atoms with Crippen molar-refractivity contribution in [2.45, 2.75) is 44.3 Å². The number of oxime groups is 1. The number of piperidine rings is 1. The minimum atomic E-state index is 0.379. The van der Waals surface area contributed by atoms with E-state index in [0.717, 1.165) is 44.1 Å². The molecule has 26 heavy (non-hydrogen) atoms. The van der Waals surface area contributed by atoms with Gasteiger partial charge < -0.3 is 20.2 Å². The third kappa shape index (κ3) is 4.27. The van der Waals surface area contributed by atoms with Gasteiger partial charge in [-0.3, -0.25) is 4.90 Å². The van der Waals surface area contributed by atoms with Gasteiger partial charge in [-0.1, -0.05) is 5.16 Å². The number of likely N-dealkylation sites (tertiary alicyclic amines) is 1. The number of anilines is 1. The molecule has 0 aromatic carbocycles. The number of aromatic nitrogens is 1. The van der Waals surface area contributed by atoms with Crippen molar-refractivity contribution < 1.29 is 9.57 Å². The van der Waals surface area contributed by atoms with Crippen LogP contribution in [-0.4, -0.2) is 67.3 Å². The molecule has 1 aromatic heterocycles. The predicted octanol–water partition coefficient (Wildman–Crippen LogP) is 1.57. The van der Waals surface area contributed by atoms with E-state index in [4.69, 9.17) is 15.3 Å². The van der Waals surface area contributed by atoms with Gasteiger partial charge in [0, 0.05) is 44.5 Å². The average molecular weight is 359 g/mol. The number of pyridine rings is 1. The van der Waals surface area contributed by atoms with Gasteiger partial charge in [-0.2, -0.15) is 0 Å². The molecule has 0 spiro atoms. The Hall–Kier alpha value is -1.86. The normalized spacial score (nSPS) is 26.9. The zero-order valence-electron chi connectivity index (χ0n) is 15.3. The molecule has 4 rings (SSSR count). The number of nitrogens with zero attached hydrogens (tertiary/aromatic N) is 4. The summed E-state index contributed by atoms with van der Waals surface area (Å²) < 4.78 is 5.84. The van der Waals surface area contributed by atoms with Gasteiger partial charge in [0.25, 0.3) is 0 Å². The second-order valence-corrected chi connectivity index (χ2v) is 7.48. The number of morpholine rings is 1. The Kier molecular flexibility index (Phi) is 5.55. The molecule has 0 aliphatic carbocycles. The SMILES string of the molecule is N/C(=N\OCCN1CC2CCC(C1)O2)c1ccc(N2CCCCC2)nc1. The van der Waals surface area contributed by atoms with E-state index in [1.54, 1.807) is 6.20 Å². The van der Waals surface area contributed by atoms with Crippen molar-refractivity contribution in [3.05, 3.63) is 23.9 Å². The second kappa shape index (κ2) is 8.22. The first kappa shape index (κ1) is 17.5. The van der Waals surface area contributed by atoms with E-state index < -0.39 is 0 Å². The first-order valence-electron chi connectivity index (χ1n) is 9.82. The molecule has 2 bridgehead atoms. The molecule has 3 saturated heterocycles. The highest BCUT2D eigenvalue weighted by molar-refractivity contribution is 5.96. The highest BCUT2D eigenvalue weighted by Crippen LogP contribution is 2.25. The van der Waals surface area contributed by atoms with E-state index in [0.29, 0.717) is 24.7 Å². The fraction of sp³-hybridized carbons (Fsp3) is 0.684. The quantitative estimate of drug-likeness (QED) is 0.360. The lowest BCUT2D eigenvalue weighted by molar-refractivity contribution is -0.0451. The number of nitrogens with two attached hydrogens (primary N) is 1. The number of rotatable bonds is 6. The molecule has 2 unspecified atom stereocenters. The topological polar surface area (TPSA) is 76.2 Å².